The maximum Gasteiger partial charge on any atom is 0.224 e. The van der Waals surface area contributed by atoms with Crippen LogP contribution in [0.2, 0.25) is 5.02 Å². The average Bonchev–Trinajstić information content (AvgIpc) is 3.11. The Labute approximate surface area is 158 Å². The summed E-state index contributed by atoms with van der Waals surface area (Å²) in [7, 11) is 0. The van der Waals surface area contributed by atoms with E-state index in [9.17, 15) is 4.79 Å². The van der Waals surface area contributed by atoms with Gasteiger partial charge in [0, 0.05) is 28.9 Å². The molecule has 0 saturated heterocycles. The van der Waals surface area contributed by atoms with Crippen LogP contribution in [0.3, 0.4) is 0 Å². The molecule has 0 spiro atoms. The van der Waals surface area contributed by atoms with Crippen molar-refractivity contribution < 1.29 is 4.79 Å². The molecule has 3 aromatic rings. The highest BCUT2D eigenvalue weighted by Gasteiger charge is 2.08. The average molecular weight is 391 g/mol. The molecule has 2 heterocycles. The number of aryl methyl sites for hydroxylation is 1. The fourth-order valence-electron chi connectivity index (χ4n) is 2.16. The molecule has 2 aromatic heterocycles. The molecule has 0 atom stereocenters. The van der Waals surface area contributed by atoms with Gasteiger partial charge in [0.25, 0.3) is 0 Å². The molecule has 0 bridgehead atoms. The summed E-state index contributed by atoms with van der Waals surface area (Å²) in [6, 6.07) is 11.3. The normalized spacial score (nSPS) is 10.6. The fraction of sp³-hybridized carbons (Fsp3) is 0.176. The van der Waals surface area contributed by atoms with Crippen LogP contribution in [0.15, 0.2) is 57.3 Å². The molecule has 5 nitrogen and oxygen atoms in total. The highest BCUT2D eigenvalue weighted by atomic mass is 35.5. The van der Waals surface area contributed by atoms with Crippen molar-refractivity contribution in [3.05, 3.63) is 58.8 Å². The molecule has 1 N–H and O–H groups in total. The molecule has 0 aliphatic carbocycles. The van der Waals surface area contributed by atoms with Gasteiger partial charge in [0.05, 0.1) is 5.02 Å². The summed E-state index contributed by atoms with van der Waals surface area (Å²) in [6.45, 7) is 0. The Hall–Kier alpha value is -1.96. The van der Waals surface area contributed by atoms with E-state index in [2.05, 4.69) is 20.5 Å². The van der Waals surface area contributed by atoms with Gasteiger partial charge < -0.3 is 5.32 Å². The quantitative estimate of drug-likeness (QED) is 0.633. The van der Waals surface area contributed by atoms with E-state index in [4.69, 9.17) is 11.6 Å². The van der Waals surface area contributed by atoms with Gasteiger partial charge in [-0.3, -0.25) is 9.78 Å². The van der Waals surface area contributed by atoms with Crippen LogP contribution in [0.5, 0.6) is 0 Å². The number of halogens is 1. The van der Waals surface area contributed by atoms with Crippen LogP contribution in [-0.4, -0.2) is 21.1 Å². The Morgan fingerprint density at radius 1 is 1.28 bits per heavy atom. The van der Waals surface area contributed by atoms with E-state index >= 15 is 0 Å². The minimum atomic E-state index is -0.0310. The highest BCUT2D eigenvalue weighted by Crippen LogP contribution is 2.35. The summed E-state index contributed by atoms with van der Waals surface area (Å²) < 4.78 is 0.827. The summed E-state index contributed by atoms with van der Waals surface area (Å²) in [5.74, 6) is -0.0310. The second-order valence-electron chi connectivity index (χ2n) is 5.17. The van der Waals surface area contributed by atoms with Crippen molar-refractivity contribution in [3.8, 4) is 0 Å². The number of pyridine rings is 1. The summed E-state index contributed by atoms with van der Waals surface area (Å²) in [5.41, 5.74) is 3.36. The van der Waals surface area contributed by atoms with E-state index in [1.54, 1.807) is 17.8 Å². The maximum atomic E-state index is 12.1. The lowest BCUT2D eigenvalue weighted by Gasteiger charge is -2.08. The molecule has 0 aliphatic rings. The number of carbonyl (C=O) groups excluding carboxylic acids is 1. The van der Waals surface area contributed by atoms with Gasteiger partial charge >= 0.3 is 0 Å². The molecule has 0 aliphatic heterocycles. The zero-order valence-corrected chi connectivity index (χ0v) is 15.6. The topological polar surface area (TPSA) is 67.8 Å². The second kappa shape index (κ2) is 8.94. The van der Waals surface area contributed by atoms with Gasteiger partial charge in [0.15, 0.2) is 4.34 Å². The Morgan fingerprint density at radius 3 is 2.92 bits per heavy atom. The summed E-state index contributed by atoms with van der Waals surface area (Å²) in [4.78, 5) is 17.2. The first-order chi connectivity index (χ1) is 12.2. The minimum absolute atomic E-state index is 0.0310. The Kier molecular flexibility index (Phi) is 6.38. The number of hydrogen-bond acceptors (Lipinski definition) is 6. The van der Waals surface area contributed by atoms with Crippen LogP contribution < -0.4 is 5.32 Å². The first kappa shape index (κ1) is 17.8. The molecule has 1 aromatic carbocycles. The SMILES string of the molecule is O=C(CCCc1ccccn1)Nc1ccc(Sc2nncs2)c(Cl)c1. The van der Waals surface area contributed by atoms with E-state index in [0.29, 0.717) is 17.1 Å². The van der Waals surface area contributed by atoms with Crippen LogP contribution >= 0.6 is 34.7 Å². The molecule has 128 valence electrons. The standard InChI is InChI=1S/C17H15ClN4OS2/c18-14-10-13(7-8-15(14)25-17-22-20-11-24-17)21-16(23)6-3-5-12-4-1-2-9-19-12/h1-2,4,7-11H,3,5-6H2,(H,21,23). The minimum Gasteiger partial charge on any atom is -0.326 e. The van der Waals surface area contributed by atoms with Gasteiger partial charge in [-0.05, 0) is 43.2 Å². The van der Waals surface area contributed by atoms with Crippen molar-refractivity contribution in [3.63, 3.8) is 0 Å². The summed E-state index contributed by atoms with van der Waals surface area (Å²) >= 11 is 9.20. The van der Waals surface area contributed by atoms with E-state index in [0.717, 1.165) is 27.8 Å². The molecule has 8 heteroatoms. The molecule has 0 fully saturated rings. The predicted octanol–water partition coefficient (Wildman–Crippen LogP) is 4.70. The number of nitrogens with zero attached hydrogens (tertiary/aromatic N) is 3. The van der Waals surface area contributed by atoms with Crippen molar-refractivity contribution >= 4 is 46.3 Å². The summed E-state index contributed by atoms with van der Waals surface area (Å²) in [6.07, 6.45) is 3.74. The molecular formula is C17H15ClN4OS2. The zero-order valence-electron chi connectivity index (χ0n) is 13.2. The van der Waals surface area contributed by atoms with Crippen LogP contribution in [0.4, 0.5) is 5.69 Å². The number of carbonyl (C=O) groups is 1. The Morgan fingerprint density at radius 2 is 2.20 bits per heavy atom. The van der Waals surface area contributed by atoms with Crippen molar-refractivity contribution in [2.45, 2.75) is 28.5 Å². The molecule has 0 radical (unpaired) electrons. The highest BCUT2D eigenvalue weighted by molar-refractivity contribution is 8.01. The first-order valence-electron chi connectivity index (χ1n) is 7.64. The van der Waals surface area contributed by atoms with Gasteiger partial charge in [-0.25, -0.2) is 0 Å². The smallest absolute Gasteiger partial charge is 0.224 e. The molecule has 1 amide bonds. The predicted molar refractivity (Wildman–Crippen MR) is 101 cm³/mol. The number of anilines is 1. The molecule has 25 heavy (non-hydrogen) atoms. The monoisotopic (exact) mass is 390 g/mol. The molecule has 0 saturated carbocycles. The van der Waals surface area contributed by atoms with E-state index in [1.165, 1.54) is 23.1 Å². The van der Waals surface area contributed by atoms with Crippen molar-refractivity contribution in [2.24, 2.45) is 0 Å². The van der Waals surface area contributed by atoms with E-state index in [-0.39, 0.29) is 5.91 Å². The number of benzene rings is 1. The lowest BCUT2D eigenvalue weighted by Crippen LogP contribution is -2.11. The largest absolute Gasteiger partial charge is 0.326 e. The van der Waals surface area contributed by atoms with Gasteiger partial charge in [-0.15, -0.1) is 10.2 Å². The molecule has 3 rings (SSSR count). The number of aromatic nitrogens is 3. The molecular weight excluding hydrogens is 376 g/mol. The van der Waals surface area contributed by atoms with Crippen molar-refractivity contribution in [1.82, 2.24) is 15.2 Å². The first-order valence-corrected chi connectivity index (χ1v) is 9.71. The lowest BCUT2D eigenvalue weighted by molar-refractivity contribution is -0.116. The number of nitrogens with one attached hydrogen (secondary N) is 1. The van der Waals surface area contributed by atoms with Crippen LogP contribution in [0.25, 0.3) is 0 Å². The molecule has 0 unspecified atom stereocenters. The van der Waals surface area contributed by atoms with E-state index < -0.39 is 0 Å². The number of rotatable bonds is 7. The lowest BCUT2D eigenvalue weighted by atomic mass is 10.1. The number of amides is 1. The Balaban J connectivity index is 1.50. The van der Waals surface area contributed by atoms with Gasteiger partial charge in [0.1, 0.15) is 5.51 Å². The van der Waals surface area contributed by atoms with Crippen LogP contribution in [-0.2, 0) is 11.2 Å². The van der Waals surface area contributed by atoms with Gasteiger partial charge in [0.2, 0.25) is 5.91 Å². The van der Waals surface area contributed by atoms with Gasteiger partial charge in [-0.2, -0.15) is 0 Å². The fourth-order valence-corrected chi connectivity index (χ4v) is 3.90. The van der Waals surface area contributed by atoms with Crippen molar-refractivity contribution in [1.29, 1.82) is 0 Å². The maximum absolute atomic E-state index is 12.1. The Bertz CT molecular complexity index is 828. The van der Waals surface area contributed by atoms with E-state index in [1.807, 2.05) is 30.3 Å². The van der Waals surface area contributed by atoms with Crippen LogP contribution in [0.1, 0.15) is 18.5 Å². The summed E-state index contributed by atoms with van der Waals surface area (Å²) in [5, 5.41) is 11.2. The second-order valence-corrected chi connectivity index (χ2v) is 7.70. The van der Waals surface area contributed by atoms with Gasteiger partial charge in [-0.1, -0.05) is 40.8 Å². The van der Waals surface area contributed by atoms with Crippen LogP contribution in [0, 0.1) is 0 Å². The zero-order chi connectivity index (χ0) is 17.5. The third-order valence-electron chi connectivity index (χ3n) is 3.32. The number of hydrogen-bond donors (Lipinski definition) is 1. The van der Waals surface area contributed by atoms with Crippen molar-refractivity contribution in [2.75, 3.05) is 5.32 Å². The third-order valence-corrected chi connectivity index (χ3v) is 5.59. The third kappa shape index (κ3) is 5.52.